The van der Waals surface area contributed by atoms with Crippen LogP contribution in [0.2, 0.25) is 0 Å². The van der Waals surface area contributed by atoms with E-state index in [4.69, 9.17) is 0 Å². The normalized spacial score (nSPS) is 49.6. The molecular formula is C8H14N2S. The molecule has 0 bridgehead atoms. The van der Waals surface area contributed by atoms with Gasteiger partial charge in [0.05, 0.1) is 0 Å². The molecule has 0 aliphatic carbocycles. The third kappa shape index (κ3) is 0.879. The summed E-state index contributed by atoms with van der Waals surface area (Å²) >= 11 is 2.11. The lowest BCUT2D eigenvalue weighted by Crippen LogP contribution is -2.35. The molecule has 3 aliphatic rings. The number of nitrogens with zero attached hydrogens (tertiary/aromatic N) is 1. The van der Waals surface area contributed by atoms with E-state index in [1.165, 1.54) is 31.1 Å². The molecule has 3 heterocycles. The number of rotatable bonds is 0. The van der Waals surface area contributed by atoms with Gasteiger partial charge in [-0.15, -0.1) is 11.8 Å². The number of hydrogen-bond donors (Lipinski definition) is 1. The van der Waals surface area contributed by atoms with E-state index >= 15 is 0 Å². The van der Waals surface area contributed by atoms with E-state index in [0.29, 0.717) is 0 Å². The van der Waals surface area contributed by atoms with Crippen molar-refractivity contribution in [2.75, 3.05) is 24.7 Å². The van der Waals surface area contributed by atoms with E-state index in [2.05, 4.69) is 22.0 Å². The van der Waals surface area contributed by atoms with E-state index in [1.54, 1.807) is 0 Å². The predicted octanol–water partition coefficient (Wildman–Crippen LogP) is 0.353. The van der Waals surface area contributed by atoms with E-state index in [9.17, 15) is 0 Å². The summed E-state index contributed by atoms with van der Waals surface area (Å²) in [7, 11) is 0. The SMILES string of the molecule is C1NC[C@H]2[C@H]1C[C@H]1CSCN12. The van der Waals surface area contributed by atoms with Gasteiger partial charge in [0.2, 0.25) is 0 Å². The topological polar surface area (TPSA) is 15.3 Å². The van der Waals surface area contributed by atoms with Crippen LogP contribution in [0.25, 0.3) is 0 Å². The molecule has 0 aromatic rings. The molecule has 0 radical (unpaired) electrons. The summed E-state index contributed by atoms with van der Waals surface area (Å²) in [5.74, 6) is 3.68. The molecule has 0 amide bonds. The van der Waals surface area contributed by atoms with Crippen LogP contribution in [-0.2, 0) is 0 Å². The Bertz CT molecular complexity index is 155. The van der Waals surface area contributed by atoms with Gasteiger partial charge in [0.25, 0.3) is 0 Å². The first kappa shape index (κ1) is 6.75. The lowest BCUT2D eigenvalue weighted by molar-refractivity contribution is 0.259. The van der Waals surface area contributed by atoms with Crippen molar-refractivity contribution in [3.8, 4) is 0 Å². The first-order valence-electron chi connectivity index (χ1n) is 4.49. The molecule has 2 nitrogen and oxygen atoms in total. The molecule has 3 fully saturated rings. The van der Waals surface area contributed by atoms with Crippen molar-refractivity contribution in [3.63, 3.8) is 0 Å². The van der Waals surface area contributed by atoms with Crippen molar-refractivity contribution in [2.45, 2.75) is 18.5 Å². The van der Waals surface area contributed by atoms with Crippen LogP contribution in [0.15, 0.2) is 0 Å². The van der Waals surface area contributed by atoms with Gasteiger partial charge in [-0.3, -0.25) is 4.90 Å². The average molecular weight is 170 g/mol. The number of thioether (sulfide) groups is 1. The Morgan fingerprint density at radius 1 is 1.36 bits per heavy atom. The fourth-order valence-electron chi connectivity index (χ4n) is 2.76. The second-order valence-corrected chi connectivity index (χ2v) is 4.89. The maximum atomic E-state index is 3.49. The highest BCUT2D eigenvalue weighted by molar-refractivity contribution is 7.99. The highest BCUT2D eigenvalue weighted by Crippen LogP contribution is 2.38. The van der Waals surface area contributed by atoms with Crippen LogP contribution in [0.3, 0.4) is 0 Å². The molecule has 3 saturated heterocycles. The number of nitrogens with one attached hydrogen (secondary N) is 1. The molecular weight excluding hydrogens is 156 g/mol. The van der Waals surface area contributed by atoms with Crippen molar-refractivity contribution >= 4 is 11.8 Å². The Kier molecular flexibility index (Phi) is 1.46. The lowest BCUT2D eigenvalue weighted by atomic mass is 10.0. The van der Waals surface area contributed by atoms with Crippen molar-refractivity contribution in [1.29, 1.82) is 0 Å². The summed E-state index contributed by atoms with van der Waals surface area (Å²) in [5, 5.41) is 3.49. The Labute approximate surface area is 71.7 Å². The molecule has 0 unspecified atom stereocenters. The fourth-order valence-corrected chi connectivity index (χ4v) is 4.08. The van der Waals surface area contributed by atoms with Gasteiger partial charge in [-0.2, -0.15) is 0 Å². The maximum Gasteiger partial charge on any atom is 0.0451 e. The van der Waals surface area contributed by atoms with Gasteiger partial charge in [0.1, 0.15) is 0 Å². The minimum absolute atomic E-state index is 0.898. The number of hydrogen-bond acceptors (Lipinski definition) is 3. The highest BCUT2D eigenvalue weighted by atomic mass is 32.2. The van der Waals surface area contributed by atoms with Gasteiger partial charge in [0.15, 0.2) is 0 Å². The minimum Gasteiger partial charge on any atom is -0.315 e. The predicted molar refractivity (Wildman–Crippen MR) is 47.7 cm³/mol. The molecule has 3 rings (SSSR count). The molecule has 3 aliphatic heterocycles. The Morgan fingerprint density at radius 2 is 2.36 bits per heavy atom. The molecule has 0 aromatic heterocycles. The van der Waals surface area contributed by atoms with E-state index in [0.717, 1.165) is 18.0 Å². The quantitative estimate of drug-likeness (QED) is 0.565. The number of fused-ring (bicyclic) bond motifs is 3. The largest absolute Gasteiger partial charge is 0.315 e. The van der Waals surface area contributed by atoms with Crippen LogP contribution in [0.4, 0.5) is 0 Å². The molecule has 11 heavy (non-hydrogen) atoms. The summed E-state index contributed by atoms with van der Waals surface area (Å²) < 4.78 is 0. The van der Waals surface area contributed by atoms with Crippen LogP contribution < -0.4 is 5.32 Å². The monoisotopic (exact) mass is 170 g/mol. The summed E-state index contributed by atoms with van der Waals surface area (Å²) in [4.78, 5) is 2.72. The third-order valence-corrected chi connectivity index (χ3v) is 4.43. The van der Waals surface area contributed by atoms with Crippen molar-refractivity contribution in [1.82, 2.24) is 10.2 Å². The molecule has 0 spiro atoms. The smallest absolute Gasteiger partial charge is 0.0451 e. The van der Waals surface area contributed by atoms with Crippen molar-refractivity contribution in [3.05, 3.63) is 0 Å². The zero-order valence-corrected chi connectivity index (χ0v) is 7.44. The second-order valence-electron chi connectivity index (χ2n) is 3.89. The van der Waals surface area contributed by atoms with Crippen LogP contribution in [0, 0.1) is 5.92 Å². The molecule has 1 N–H and O–H groups in total. The van der Waals surface area contributed by atoms with Crippen LogP contribution in [0.1, 0.15) is 6.42 Å². The first-order chi connectivity index (χ1) is 5.45. The standard InChI is InChI=1S/C8H14N2S/c1-6-2-9-3-8(6)10-5-11-4-7(1)10/h6-9H,1-5H2/t6-,7-,8-/m0/s1. The van der Waals surface area contributed by atoms with Crippen LogP contribution in [-0.4, -0.2) is 41.7 Å². The Balaban J connectivity index is 1.84. The summed E-state index contributed by atoms with van der Waals surface area (Å²) in [6, 6.07) is 1.84. The summed E-state index contributed by atoms with van der Waals surface area (Å²) in [5.41, 5.74) is 0. The van der Waals surface area contributed by atoms with Gasteiger partial charge < -0.3 is 5.32 Å². The van der Waals surface area contributed by atoms with E-state index in [-0.39, 0.29) is 0 Å². The average Bonchev–Trinajstić information content (AvgIpc) is 2.52. The van der Waals surface area contributed by atoms with Crippen LogP contribution in [0.5, 0.6) is 0 Å². The van der Waals surface area contributed by atoms with Crippen molar-refractivity contribution < 1.29 is 0 Å². The van der Waals surface area contributed by atoms with Gasteiger partial charge in [-0.1, -0.05) is 0 Å². The van der Waals surface area contributed by atoms with Crippen LogP contribution >= 0.6 is 11.8 Å². The minimum atomic E-state index is 0.898. The Hall–Kier alpha value is 0.270. The third-order valence-electron chi connectivity index (χ3n) is 3.32. The van der Waals surface area contributed by atoms with Gasteiger partial charge in [-0.05, 0) is 18.9 Å². The van der Waals surface area contributed by atoms with Gasteiger partial charge in [0, 0.05) is 30.3 Å². The lowest BCUT2D eigenvalue weighted by Gasteiger charge is -2.20. The van der Waals surface area contributed by atoms with E-state index in [1.807, 2.05) is 0 Å². The highest BCUT2D eigenvalue weighted by Gasteiger charge is 2.45. The van der Waals surface area contributed by atoms with E-state index < -0.39 is 0 Å². The molecule has 0 aromatic carbocycles. The van der Waals surface area contributed by atoms with Gasteiger partial charge in [-0.25, -0.2) is 0 Å². The maximum absolute atomic E-state index is 3.49. The zero-order chi connectivity index (χ0) is 7.26. The van der Waals surface area contributed by atoms with Crippen molar-refractivity contribution in [2.24, 2.45) is 5.92 Å². The fraction of sp³-hybridized carbons (Fsp3) is 1.00. The molecule has 62 valence electrons. The summed E-state index contributed by atoms with van der Waals surface area (Å²) in [6.45, 7) is 2.53. The molecule has 3 atom stereocenters. The summed E-state index contributed by atoms with van der Waals surface area (Å²) in [6.07, 6.45) is 1.46. The second kappa shape index (κ2) is 2.38. The van der Waals surface area contributed by atoms with Gasteiger partial charge >= 0.3 is 0 Å². The zero-order valence-electron chi connectivity index (χ0n) is 6.62. The first-order valence-corrected chi connectivity index (χ1v) is 5.65. The Morgan fingerprint density at radius 3 is 3.36 bits per heavy atom. The molecule has 3 heteroatoms. The molecule has 0 saturated carbocycles.